The first-order chi connectivity index (χ1) is 31.3. The third-order valence-electron chi connectivity index (χ3n) is 13.5. The van der Waals surface area contributed by atoms with Gasteiger partial charge >= 0.3 is 0 Å². The largest absolute Gasteiger partial charge is 0.455 e. The quantitative estimate of drug-likeness (QED) is 0.167. The topological polar surface area (TPSA) is 16.4 Å². The van der Waals surface area contributed by atoms with Crippen LogP contribution in [0.4, 0.5) is 17.1 Å². The lowest BCUT2D eigenvalue weighted by atomic mass is 9.70. The lowest BCUT2D eigenvalue weighted by Gasteiger charge is -2.32. The van der Waals surface area contributed by atoms with Gasteiger partial charge in [0, 0.05) is 33.2 Å². The molecule has 0 saturated carbocycles. The second kappa shape index (κ2) is 13.9. The van der Waals surface area contributed by atoms with Crippen molar-refractivity contribution in [2.45, 2.75) is 5.41 Å². The van der Waals surface area contributed by atoms with Crippen molar-refractivity contribution in [2.24, 2.45) is 0 Å². The fourth-order valence-electron chi connectivity index (χ4n) is 10.9. The number of hydrogen-bond donors (Lipinski definition) is 0. The third kappa shape index (κ3) is 5.19. The van der Waals surface area contributed by atoms with Crippen molar-refractivity contribution in [1.82, 2.24) is 0 Å². The maximum atomic E-state index is 6.52. The van der Waals surface area contributed by atoms with E-state index in [1.54, 1.807) is 0 Å². The molecule has 0 N–H and O–H groups in total. The first-order valence-corrected chi connectivity index (χ1v) is 21.8. The van der Waals surface area contributed by atoms with E-state index in [0.29, 0.717) is 0 Å². The zero-order chi connectivity index (χ0) is 41.5. The van der Waals surface area contributed by atoms with Crippen LogP contribution in [0.2, 0.25) is 0 Å². The Hall–Kier alpha value is -8.20. The van der Waals surface area contributed by atoms with E-state index < -0.39 is 5.41 Å². The molecule has 2 nitrogen and oxygen atoms in total. The predicted octanol–water partition coefficient (Wildman–Crippen LogP) is 16.4. The maximum Gasteiger partial charge on any atom is 0.143 e. The van der Waals surface area contributed by atoms with E-state index in [1.807, 2.05) is 6.07 Å². The summed E-state index contributed by atoms with van der Waals surface area (Å²) < 4.78 is 6.52. The van der Waals surface area contributed by atoms with E-state index in [1.165, 1.54) is 61.2 Å². The van der Waals surface area contributed by atoms with Gasteiger partial charge in [-0.05, 0) is 97.6 Å². The van der Waals surface area contributed by atoms with Gasteiger partial charge in [-0.3, -0.25) is 0 Å². The lowest BCUT2D eigenvalue weighted by molar-refractivity contribution is 0.670. The first kappa shape index (κ1) is 35.5. The molecule has 0 atom stereocenters. The number of hydrogen-bond acceptors (Lipinski definition) is 2. The van der Waals surface area contributed by atoms with Crippen molar-refractivity contribution in [3.63, 3.8) is 0 Å². The van der Waals surface area contributed by atoms with E-state index in [2.05, 4.69) is 235 Å². The highest BCUT2D eigenvalue weighted by Crippen LogP contribution is 2.65. The van der Waals surface area contributed by atoms with Crippen LogP contribution in [0, 0.1) is 0 Å². The summed E-state index contributed by atoms with van der Waals surface area (Å²) >= 11 is 0. The minimum Gasteiger partial charge on any atom is -0.455 e. The van der Waals surface area contributed by atoms with Crippen LogP contribution in [0.5, 0.6) is 0 Å². The van der Waals surface area contributed by atoms with Crippen molar-refractivity contribution >= 4 is 39.0 Å². The summed E-state index contributed by atoms with van der Waals surface area (Å²) in [5.74, 6) is 0. The Kier molecular flexibility index (Phi) is 7.85. The minimum atomic E-state index is -0.515. The van der Waals surface area contributed by atoms with Crippen LogP contribution >= 0.6 is 0 Å². The Bertz CT molecular complexity index is 3520. The van der Waals surface area contributed by atoms with Crippen molar-refractivity contribution in [3.8, 4) is 55.6 Å². The standard InChI is InChI=1S/C61H39NO/c1-3-17-40(18-4-1)43-35-38-51-55(39-43)61(52-27-11-7-22-47(52)48-23-8-12-28-53(48)61)54-29-16-31-57(59(51)54)62(56-30-13-9-21-45(56)41-19-5-2-6-20-41)44-36-33-42(34-37-44)46-25-15-26-50-49-24-10-14-32-58(49)63-60(46)50/h1-39H. The Morgan fingerprint density at radius 3 is 1.62 bits per heavy atom. The molecular weight excluding hydrogens is 763 g/mol. The van der Waals surface area contributed by atoms with Crippen molar-refractivity contribution in [1.29, 1.82) is 0 Å². The molecule has 1 heterocycles. The van der Waals surface area contributed by atoms with Crippen LogP contribution in [0.15, 0.2) is 241 Å². The molecule has 2 aliphatic rings. The average Bonchev–Trinajstić information content (AvgIpc) is 3.99. The number of benzene rings is 10. The molecule has 294 valence electrons. The molecule has 0 bridgehead atoms. The molecule has 10 aromatic carbocycles. The van der Waals surface area contributed by atoms with Crippen LogP contribution < -0.4 is 4.90 Å². The first-order valence-electron chi connectivity index (χ1n) is 21.8. The monoisotopic (exact) mass is 801 g/mol. The predicted molar refractivity (Wildman–Crippen MR) is 261 cm³/mol. The van der Waals surface area contributed by atoms with Gasteiger partial charge in [0.15, 0.2) is 0 Å². The summed E-state index contributed by atoms with van der Waals surface area (Å²) in [5.41, 5.74) is 21.9. The molecule has 11 aromatic rings. The van der Waals surface area contributed by atoms with E-state index >= 15 is 0 Å². The molecular formula is C61H39NO. The smallest absolute Gasteiger partial charge is 0.143 e. The molecule has 0 amide bonds. The third-order valence-corrected chi connectivity index (χ3v) is 13.5. The highest BCUT2D eigenvalue weighted by molar-refractivity contribution is 6.10. The Balaban J connectivity index is 1.08. The van der Waals surface area contributed by atoms with Gasteiger partial charge in [0.05, 0.1) is 16.8 Å². The lowest BCUT2D eigenvalue weighted by Crippen LogP contribution is -2.26. The number of rotatable bonds is 6. The second-order valence-corrected chi connectivity index (χ2v) is 16.7. The fraction of sp³-hybridized carbons (Fsp3) is 0.0164. The zero-order valence-corrected chi connectivity index (χ0v) is 34.4. The van der Waals surface area contributed by atoms with Crippen LogP contribution in [0.25, 0.3) is 77.6 Å². The molecule has 2 aliphatic carbocycles. The molecule has 0 fully saturated rings. The van der Waals surface area contributed by atoms with Crippen LogP contribution in [-0.2, 0) is 5.41 Å². The summed E-state index contributed by atoms with van der Waals surface area (Å²) in [7, 11) is 0. The summed E-state index contributed by atoms with van der Waals surface area (Å²) in [6.07, 6.45) is 0. The Morgan fingerprint density at radius 1 is 0.317 bits per heavy atom. The molecule has 2 heteroatoms. The number of nitrogens with zero attached hydrogens (tertiary/aromatic N) is 1. The van der Waals surface area contributed by atoms with E-state index in [4.69, 9.17) is 4.42 Å². The minimum absolute atomic E-state index is 0.515. The van der Waals surface area contributed by atoms with Gasteiger partial charge in [-0.25, -0.2) is 0 Å². The van der Waals surface area contributed by atoms with Crippen LogP contribution in [-0.4, -0.2) is 0 Å². The normalized spacial score (nSPS) is 12.9. The summed E-state index contributed by atoms with van der Waals surface area (Å²) in [4.78, 5) is 2.49. The summed E-state index contributed by atoms with van der Waals surface area (Å²) in [6.45, 7) is 0. The average molecular weight is 802 g/mol. The molecule has 0 unspecified atom stereocenters. The zero-order valence-electron chi connectivity index (χ0n) is 34.4. The maximum absolute atomic E-state index is 6.52. The summed E-state index contributed by atoms with van der Waals surface area (Å²) in [5, 5.41) is 2.26. The van der Waals surface area contributed by atoms with E-state index in [0.717, 1.165) is 55.7 Å². The number of para-hydroxylation sites is 3. The molecule has 0 aliphatic heterocycles. The number of anilines is 3. The summed E-state index contributed by atoms with van der Waals surface area (Å²) in [6, 6.07) is 86.6. The Labute approximate surface area is 366 Å². The molecule has 1 aromatic heterocycles. The van der Waals surface area contributed by atoms with Gasteiger partial charge in [-0.2, -0.15) is 0 Å². The Morgan fingerprint density at radius 2 is 0.857 bits per heavy atom. The van der Waals surface area contributed by atoms with Crippen LogP contribution in [0.1, 0.15) is 22.3 Å². The molecule has 63 heavy (non-hydrogen) atoms. The van der Waals surface area contributed by atoms with Crippen molar-refractivity contribution in [2.75, 3.05) is 4.90 Å². The number of fused-ring (bicyclic) bond motifs is 13. The molecule has 0 saturated heterocycles. The van der Waals surface area contributed by atoms with Gasteiger partial charge < -0.3 is 9.32 Å². The van der Waals surface area contributed by atoms with Gasteiger partial charge in [0.1, 0.15) is 11.2 Å². The number of furan rings is 1. The highest BCUT2D eigenvalue weighted by atomic mass is 16.3. The van der Waals surface area contributed by atoms with Gasteiger partial charge in [-0.15, -0.1) is 0 Å². The molecule has 1 spiro atoms. The SMILES string of the molecule is c1ccc(-c2ccc3c(c2)C2(c4ccccc4-c4ccccc42)c2cccc(N(c4ccc(-c5cccc6c5oc5ccccc56)cc4)c4ccccc4-c4ccccc4)c2-3)cc1. The van der Waals surface area contributed by atoms with Gasteiger partial charge in [0.2, 0.25) is 0 Å². The molecule has 0 radical (unpaired) electrons. The van der Waals surface area contributed by atoms with Crippen molar-refractivity contribution < 1.29 is 4.42 Å². The molecule has 13 rings (SSSR count). The second-order valence-electron chi connectivity index (χ2n) is 16.7. The van der Waals surface area contributed by atoms with Crippen LogP contribution in [0.3, 0.4) is 0 Å². The van der Waals surface area contributed by atoms with Gasteiger partial charge in [-0.1, -0.05) is 200 Å². The van der Waals surface area contributed by atoms with E-state index in [-0.39, 0.29) is 0 Å². The van der Waals surface area contributed by atoms with Gasteiger partial charge in [0.25, 0.3) is 0 Å². The fourth-order valence-corrected chi connectivity index (χ4v) is 10.9. The van der Waals surface area contributed by atoms with Crippen molar-refractivity contribution in [3.05, 3.63) is 259 Å². The highest BCUT2D eigenvalue weighted by Gasteiger charge is 2.52. The van der Waals surface area contributed by atoms with E-state index in [9.17, 15) is 0 Å².